The number of hydrogen-bond donors (Lipinski definition) is 0. The van der Waals surface area contributed by atoms with E-state index in [0.717, 1.165) is 18.2 Å². The maximum atomic E-state index is 12.3. The average molecular weight is 392 g/mol. The fourth-order valence-electron chi connectivity index (χ4n) is 2.56. The van der Waals surface area contributed by atoms with Crippen LogP contribution >= 0.6 is 11.8 Å². The van der Waals surface area contributed by atoms with Crippen LogP contribution < -0.4 is 4.74 Å². The summed E-state index contributed by atoms with van der Waals surface area (Å²) in [7, 11) is 0. The number of hydrogen-bond acceptors (Lipinski definition) is 6. The first-order valence-corrected chi connectivity index (χ1v) is 9.98. The molecular formula is C21H29NO4S. The van der Waals surface area contributed by atoms with Gasteiger partial charge in [-0.05, 0) is 48.3 Å². The number of carbonyl (C=O) groups is 2. The summed E-state index contributed by atoms with van der Waals surface area (Å²) in [5, 5.41) is 1.67. The molecule has 0 N–H and O–H groups in total. The molecule has 0 aromatic heterocycles. The van der Waals surface area contributed by atoms with E-state index in [4.69, 9.17) is 9.47 Å². The van der Waals surface area contributed by atoms with Gasteiger partial charge in [-0.3, -0.25) is 14.6 Å². The number of ketones is 1. The van der Waals surface area contributed by atoms with Crippen molar-refractivity contribution in [2.75, 3.05) is 19.8 Å². The molecule has 0 aliphatic rings. The van der Waals surface area contributed by atoms with E-state index in [0.29, 0.717) is 17.6 Å². The first-order valence-electron chi connectivity index (χ1n) is 9.10. The van der Waals surface area contributed by atoms with E-state index in [-0.39, 0.29) is 30.6 Å². The van der Waals surface area contributed by atoms with Crippen LogP contribution in [0.25, 0.3) is 0 Å². The average Bonchev–Trinajstić information content (AvgIpc) is 2.63. The number of rotatable bonds is 11. The van der Waals surface area contributed by atoms with E-state index in [1.54, 1.807) is 6.92 Å². The summed E-state index contributed by atoms with van der Waals surface area (Å²) in [5.74, 6) is 0.965. The van der Waals surface area contributed by atoms with Gasteiger partial charge in [-0.2, -0.15) is 0 Å². The molecule has 0 bridgehead atoms. The van der Waals surface area contributed by atoms with E-state index >= 15 is 0 Å². The second-order valence-electron chi connectivity index (χ2n) is 6.52. The van der Waals surface area contributed by atoms with E-state index in [9.17, 15) is 9.59 Å². The number of esters is 1. The third-order valence-electron chi connectivity index (χ3n) is 3.73. The quantitative estimate of drug-likeness (QED) is 0.313. The van der Waals surface area contributed by atoms with Gasteiger partial charge in [-0.1, -0.05) is 51.2 Å². The third-order valence-corrected chi connectivity index (χ3v) is 4.48. The van der Waals surface area contributed by atoms with Crippen LogP contribution in [-0.2, 0) is 14.3 Å². The Morgan fingerprint density at radius 1 is 1.22 bits per heavy atom. The lowest BCUT2D eigenvalue weighted by Crippen LogP contribution is -2.20. The molecule has 27 heavy (non-hydrogen) atoms. The van der Waals surface area contributed by atoms with Crippen LogP contribution in [-0.4, -0.2) is 36.6 Å². The Morgan fingerprint density at radius 2 is 1.89 bits per heavy atom. The molecule has 1 rings (SSSR count). The largest absolute Gasteiger partial charge is 0.485 e. The lowest BCUT2D eigenvalue weighted by atomic mass is 9.92. The van der Waals surface area contributed by atoms with Crippen LogP contribution in [0.15, 0.2) is 41.2 Å². The number of Topliss-reactive ketones (excluding diaryl/α,β-unsaturated/α-hetero) is 1. The van der Waals surface area contributed by atoms with Gasteiger partial charge in [0.2, 0.25) is 5.78 Å². The zero-order chi connectivity index (χ0) is 20.2. The summed E-state index contributed by atoms with van der Waals surface area (Å²) in [6.07, 6.45) is 1.12. The van der Waals surface area contributed by atoms with Gasteiger partial charge >= 0.3 is 5.97 Å². The van der Waals surface area contributed by atoms with Gasteiger partial charge in [-0.15, -0.1) is 0 Å². The predicted molar refractivity (Wildman–Crippen MR) is 112 cm³/mol. The first-order chi connectivity index (χ1) is 12.9. The number of benzene rings is 1. The van der Waals surface area contributed by atoms with Gasteiger partial charge in [0.1, 0.15) is 17.3 Å². The molecule has 0 amide bonds. The molecule has 1 aromatic rings. The summed E-state index contributed by atoms with van der Waals surface area (Å²) >= 11 is 1.07. The smallest absolute Gasteiger partial charge is 0.327 e. The van der Waals surface area contributed by atoms with Crippen molar-refractivity contribution in [2.24, 2.45) is 10.9 Å². The van der Waals surface area contributed by atoms with Gasteiger partial charge in [0, 0.05) is 0 Å². The second-order valence-corrected chi connectivity index (χ2v) is 7.48. The molecule has 1 unspecified atom stereocenters. The minimum Gasteiger partial charge on any atom is -0.485 e. The molecule has 0 aliphatic heterocycles. The molecule has 0 fully saturated rings. The summed E-state index contributed by atoms with van der Waals surface area (Å²) in [6, 6.07) is 7.80. The molecule has 0 aliphatic carbocycles. The van der Waals surface area contributed by atoms with Crippen LogP contribution in [0, 0.1) is 5.92 Å². The van der Waals surface area contributed by atoms with Crippen LogP contribution in [0.2, 0.25) is 0 Å². The second kappa shape index (κ2) is 12.3. The van der Waals surface area contributed by atoms with Crippen molar-refractivity contribution in [2.45, 2.75) is 40.0 Å². The maximum Gasteiger partial charge on any atom is 0.327 e. The Kier molecular flexibility index (Phi) is 10.5. The number of thioether (sulfide) groups is 1. The molecule has 0 radical (unpaired) electrons. The molecule has 1 atom stereocenters. The molecule has 148 valence electrons. The van der Waals surface area contributed by atoms with Crippen molar-refractivity contribution in [1.29, 1.82) is 0 Å². The van der Waals surface area contributed by atoms with Crippen molar-refractivity contribution in [1.82, 2.24) is 0 Å². The molecule has 5 nitrogen and oxygen atoms in total. The van der Waals surface area contributed by atoms with E-state index in [1.165, 1.54) is 11.0 Å². The molecule has 0 saturated heterocycles. The highest BCUT2D eigenvalue weighted by Crippen LogP contribution is 2.25. The molecule has 1 aromatic carbocycles. The topological polar surface area (TPSA) is 65.0 Å². The molecule has 0 heterocycles. The van der Waals surface area contributed by atoms with Crippen LogP contribution in [0.5, 0.6) is 5.75 Å². The minimum absolute atomic E-state index is 0.149. The normalized spacial score (nSPS) is 12.6. The van der Waals surface area contributed by atoms with E-state index in [1.807, 2.05) is 24.3 Å². The van der Waals surface area contributed by atoms with Gasteiger partial charge in [0.15, 0.2) is 6.61 Å². The third kappa shape index (κ3) is 8.91. The van der Waals surface area contributed by atoms with Gasteiger partial charge in [-0.25, -0.2) is 0 Å². The number of carbonyl (C=O) groups excluding carboxylic acids is 2. The SMILES string of the molecule is C=CSC(=NCC(=O)OCC)C(=O)COc1ccc(C(C)CC(C)C)cc1. The fraction of sp³-hybridized carbons (Fsp3) is 0.476. The highest BCUT2D eigenvalue weighted by atomic mass is 32.2. The first kappa shape index (κ1) is 23.0. The van der Waals surface area contributed by atoms with Gasteiger partial charge in [0.05, 0.1) is 6.61 Å². The summed E-state index contributed by atoms with van der Waals surface area (Å²) in [6.45, 7) is 11.9. The Morgan fingerprint density at radius 3 is 2.44 bits per heavy atom. The van der Waals surface area contributed by atoms with Crippen molar-refractivity contribution in [3.8, 4) is 5.75 Å². The number of nitrogens with zero attached hydrogens (tertiary/aromatic N) is 1. The summed E-state index contributed by atoms with van der Waals surface area (Å²) in [5.41, 5.74) is 1.25. The zero-order valence-corrected chi connectivity index (χ0v) is 17.4. The van der Waals surface area contributed by atoms with Crippen molar-refractivity contribution < 1.29 is 19.1 Å². The number of aliphatic imine (C=N–C) groups is 1. The Balaban J connectivity index is 2.63. The maximum absolute atomic E-state index is 12.3. The van der Waals surface area contributed by atoms with Crippen molar-refractivity contribution in [3.63, 3.8) is 0 Å². The van der Waals surface area contributed by atoms with Crippen LogP contribution in [0.1, 0.15) is 45.6 Å². The van der Waals surface area contributed by atoms with Gasteiger partial charge < -0.3 is 9.47 Å². The molecular weight excluding hydrogens is 362 g/mol. The highest BCUT2D eigenvalue weighted by Gasteiger charge is 2.14. The fourth-order valence-corrected chi connectivity index (χ4v) is 3.05. The monoisotopic (exact) mass is 391 g/mol. The summed E-state index contributed by atoms with van der Waals surface area (Å²) in [4.78, 5) is 27.7. The zero-order valence-electron chi connectivity index (χ0n) is 16.6. The predicted octanol–water partition coefficient (Wildman–Crippen LogP) is 4.62. The Hall–Kier alpha value is -2.08. The highest BCUT2D eigenvalue weighted by molar-refractivity contribution is 8.18. The van der Waals surface area contributed by atoms with Crippen molar-refractivity contribution in [3.05, 3.63) is 41.8 Å². The Labute approximate surface area is 166 Å². The molecule has 0 spiro atoms. The van der Waals surface area contributed by atoms with E-state index < -0.39 is 5.97 Å². The van der Waals surface area contributed by atoms with Crippen LogP contribution in [0.4, 0.5) is 0 Å². The Bertz CT molecular complexity index is 653. The lowest BCUT2D eigenvalue weighted by molar-refractivity contribution is -0.141. The van der Waals surface area contributed by atoms with E-state index in [2.05, 4.69) is 32.3 Å². The summed E-state index contributed by atoms with van der Waals surface area (Å²) < 4.78 is 10.4. The van der Waals surface area contributed by atoms with Crippen LogP contribution in [0.3, 0.4) is 0 Å². The standard InChI is InChI=1S/C21H29NO4S/c1-6-25-20(24)13-22-21(27-7-2)19(23)14-26-18-10-8-17(9-11-18)16(5)12-15(3)4/h7-11,15-16H,2,6,12-14H2,1,3-5H3. The molecule has 0 saturated carbocycles. The number of ether oxygens (including phenoxy) is 2. The minimum atomic E-state index is -0.473. The van der Waals surface area contributed by atoms with Crippen molar-refractivity contribution >= 4 is 28.6 Å². The van der Waals surface area contributed by atoms with Gasteiger partial charge in [0.25, 0.3) is 0 Å². The molecule has 6 heteroatoms. The lowest BCUT2D eigenvalue weighted by Gasteiger charge is -2.15.